The van der Waals surface area contributed by atoms with Crippen LogP contribution in [0.15, 0.2) is 77.9 Å². The van der Waals surface area contributed by atoms with E-state index in [4.69, 9.17) is 16.3 Å². The van der Waals surface area contributed by atoms with E-state index in [1.165, 1.54) is 29.7 Å². The predicted octanol–water partition coefficient (Wildman–Crippen LogP) is 4.79. The van der Waals surface area contributed by atoms with E-state index in [1.54, 1.807) is 24.3 Å². The molecule has 0 radical (unpaired) electrons. The first kappa shape index (κ1) is 24.1. The van der Waals surface area contributed by atoms with Crippen LogP contribution in [0.5, 0.6) is 5.75 Å². The second-order valence-electron chi connectivity index (χ2n) is 7.19. The lowest BCUT2D eigenvalue weighted by Crippen LogP contribution is -2.34. The molecule has 1 heterocycles. The Kier molecular flexibility index (Phi) is 7.49. The number of hydrazone groups is 1. The van der Waals surface area contributed by atoms with E-state index in [0.29, 0.717) is 15.5 Å². The molecule has 1 aromatic heterocycles. The topological polar surface area (TPSA) is 96.9 Å². The zero-order chi connectivity index (χ0) is 24.8. The molecule has 0 saturated heterocycles. The maximum absolute atomic E-state index is 12.9. The monoisotopic (exact) mass is 509 g/mol. The fraction of sp³-hybridized carbons (Fsp3) is 0.0400. The quantitative estimate of drug-likeness (QED) is 0.162. The molecule has 0 atom stereocenters. The molecule has 0 fully saturated rings. The Bertz CT molecular complexity index is 1440. The molecular formula is C25H17ClFN3O4S. The molecule has 0 unspecified atom stereocenters. The van der Waals surface area contributed by atoms with Crippen molar-refractivity contribution < 1.29 is 23.5 Å². The Balaban J connectivity index is 1.31. The minimum atomic E-state index is -0.574. The zero-order valence-electron chi connectivity index (χ0n) is 18.0. The summed E-state index contributed by atoms with van der Waals surface area (Å²) in [6, 6.07) is 18.9. The summed E-state index contributed by atoms with van der Waals surface area (Å²) in [5.41, 5.74) is 3.08. The van der Waals surface area contributed by atoms with Crippen molar-refractivity contribution in [3.05, 3.63) is 99.6 Å². The molecule has 4 rings (SSSR count). The van der Waals surface area contributed by atoms with Gasteiger partial charge in [-0.2, -0.15) is 5.10 Å². The molecule has 3 aromatic carbocycles. The van der Waals surface area contributed by atoms with Gasteiger partial charge in [0.05, 0.1) is 17.8 Å². The maximum Gasteiger partial charge on any atom is 0.355 e. The van der Waals surface area contributed by atoms with E-state index in [-0.39, 0.29) is 17.9 Å². The first-order chi connectivity index (χ1) is 16.9. The van der Waals surface area contributed by atoms with Gasteiger partial charge in [0.25, 0.3) is 11.8 Å². The van der Waals surface area contributed by atoms with Gasteiger partial charge in [-0.05, 0) is 48.0 Å². The van der Waals surface area contributed by atoms with E-state index in [9.17, 15) is 18.8 Å². The van der Waals surface area contributed by atoms with Gasteiger partial charge < -0.3 is 10.1 Å². The number of esters is 1. The Hall–Kier alpha value is -4.08. The van der Waals surface area contributed by atoms with Crippen LogP contribution in [0.1, 0.15) is 25.6 Å². The summed E-state index contributed by atoms with van der Waals surface area (Å²) < 4.78 is 19.3. The molecule has 0 bridgehead atoms. The van der Waals surface area contributed by atoms with Gasteiger partial charge in [-0.1, -0.05) is 41.9 Å². The number of rotatable bonds is 7. The second-order valence-corrected chi connectivity index (χ2v) is 8.62. The third kappa shape index (κ3) is 6.08. The lowest BCUT2D eigenvalue weighted by atomic mass is 10.2. The molecule has 0 saturated carbocycles. The predicted molar refractivity (Wildman–Crippen MR) is 133 cm³/mol. The molecule has 35 heavy (non-hydrogen) atoms. The van der Waals surface area contributed by atoms with Crippen LogP contribution in [0.25, 0.3) is 10.1 Å². The number of carbonyl (C=O) groups is 3. The first-order valence-corrected chi connectivity index (χ1v) is 11.4. The first-order valence-electron chi connectivity index (χ1n) is 10.3. The summed E-state index contributed by atoms with van der Waals surface area (Å²) in [4.78, 5) is 36.8. The van der Waals surface area contributed by atoms with E-state index in [1.807, 2.05) is 24.3 Å². The molecule has 10 heteroatoms. The van der Waals surface area contributed by atoms with Gasteiger partial charge in [0.2, 0.25) is 0 Å². The number of nitrogens with one attached hydrogen (secondary N) is 2. The highest BCUT2D eigenvalue weighted by molar-refractivity contribution is 7.21. The van der Waals surface area contributed by atoms with Gasteiger partial charge in [-0.25, -0.2) is 14.6 Å². The number of ether oxygens (including phenoxy) is 1. The molecule has 0 aliphatic carbocycles. The highest BCUT2D eigenvalue weighted by Crippen LogP contribution is 2.35. The number of hydrogen-bond acceptors (Lipinski definition) is 6. The van der Waals surface area contributed by atoms with Crippen molar-refractivity contribution in [3.63, 3.8) is 0 Å². The number of benzene rings is 3. The summed E-state index contributed by atoms with van der Waals surface area (Å²) in [6.07, 6.45) is 1.36. The van der Waals surface area contributed by atoms with Crippen molar-refractivity contribution in [2.24, 2.45) is 5.10 Å². The van der Waals surface area contributed by atoms with E-state index in [2.05, 4.69) is 15.8 Å². The van der Waals surface area contributed by atoms with Crippen LogP contribution >= 0.6 is 22.9 Å². The van der Waals surface area contributed by atoms with E-state index >= 15 is 0 Å². The van der Waals surface area contributed by atoms with Crippen LogP contribution < -0.4 is 15.5 Å². The average Bonchev–Trinajstić information content (AvgIpc) is 3.20. The van der Waals surface area contributed by atoms with Crippen LogP contribution in [0.3, 0.4) is 0 Å². The summed E-state index contributed by atoms with van der Waals surface area (Å²) >= 11 is 7.59. The van der Waals surface area contributed by atoms with Gasteiger partial charge >= 0.3 is 5.97 Å². The number of carbonyl (C=O) groups excluding carboxylic acids is 3. The maximum atomic E-state index is 12.9. The molecule has 2 amide bonds. The molecule has 0 aliphatic rings. The summed E-state index contributed by atoms with van der Waals surface area (Å²) in [5.74, 6) is -1.83. The highest BCUT2D eigenvalue weighted by atomic mass is 35.5. The third-order valence-electron chi connectivity index (χ3n) is 4.71. The van der Waals surface area contributed by atoms with E-state index in [0.717, 1.165) is 22.2 Å². The zero-order valence-corrected chi connectivity index (χ0v) is 19.5. The number of nitrogens with zero attached hydrogens (tertiary/aromatic N) is 1. The summed E-state index contributed by atoms with van der Waals surface area (Å²) in [6.45, 7) is -0.318. The fourth-order valence-electron chi connectivity index (χ4n) is 3.04. The van der Waals surface area contributed by atoms with Gasteiger partial charge in [-0.15, -0.1) is 11.3 Å². The standard InChI is InChI=1S/C25H17ClFN3O4S/c26-22-19-6-1-2-7-20(19)35-23(22)25(33)34-18-5-3-4-15(12-18)13-29-30-21(31)14-28-24(32)16-8-10-17(27)11-9-16/h1-13H,14H2,(H,28,32)(H,30,31). The van der Waals surface area contributed by atoms with Crippen LogP contribution in [0, 0.1) is 5.82 Å². The lowest BCUT2D eigenvalue weighted by Gasteiger charge is -2.05. The second kappa shape index (κ2) is 10.9. The Morgan fingerprint density at radius 3 is 2.57 bits per heavy atom. The highest BCUT2D eigenvalue weighted by Gasteiger charge is 2.19. The molecular weight excluding hydrogens is 493 g/mol. The van der Waals surface area contributed by atoms with Crippen molar-refractivity contribution >= 4 is 57.0 Å². The van der Waals surface area contributed by atoms with Crippen molar-refractivity contribution in [2.45, 2.75) is 0 Å². The number of halogens is 2. The van der Waals surface area contributed by atoms with Crippen molar-refractivity contribution in [3.8, 4) is 5.75 Å². The lowest BCUT2D eigenvalue weighted by molar-refractivity contribution is -0.120. The molecule has 0 aliphatic heterocycles. The van der Waals surface area contributed by atoms with Gasteiger partial charge in [-0.3, -0.25) is 9.59 Å². The normalized spacial score (nSPS) is 10.9. The molecule has 2 N–H and O–H groups in total. The molecule has 7 nitrogen and oxygen atoms in total. The van der Waals surface area contributed by atoms with Gasteiger partial charge in [0, 0.05) is 15.6 Å². The number of hydrogen-bond donors (Lipinski definition) is 2. The van der Waals surface area contributed by atoms with Crippen LogP contribution in [0.2, 0.25) is 5.02 Å². The number of amides is 2. The largest absolute Gasteiger partial charge is 0.422 e. The minimum Gasteiger partial charge on any atom is -0.422 e. The fourth-order valence-corrected chi connectivity index (χ4v) is 4.42. The number of thiophene rings is 1. The summed E-state index contributed by atoms with van der Waals surface area (Å²) in [7, 11) is 0. The molecule has 4 aromatic rings. The smallest absolute Gasteiger partial charge is 0.355 e. The van der Waals surface area contributed by atoms with Gasteiger partial charge in [0.15, 0.2) is 0 Å². The summed E-state index contributed by atoms with van der Waals surface area (Å²) in [5, 5.41) is 7.39. The SMILES string of the molecule is O=C(CNC(=O)c1ccc(F)cc1)NN=Cc1cccc(OC(=O)c2sc3ccccc3c2Cl)c1. The third-order valence-corrected chi connectivity index (χ3v) is 6.36. The van der Waals surface area contributed by atoms with Crippen LogP contribution in [-0.2, 0) is 4.79 Å². The van der Waals surface area contributed by atoms with Gasteiger partial charge in [0.1, 0.15) is 16.4 Å². The van der Waals surface area contributed by atoms with Crippen molar-refractivity contribution in [1.82, 2.24) is 10.7 Å². The average molecular weight is 510 g/mol. The molecule has 0 spiro atoms. The molecule has 176 valence electrons. The minimum absolute atomic E-state index is 0.228. The number of fused-ring (bicyclic) bond motifs is 1. The van der Waals surface area contributed by atoms with Crippen molar-refractivity contribution in [2.75, 3.05) is 6.54 Å². The Morgan fingerprint density at radius 2 is 1.80 bits per heavy atom. The van der Waals surface area contributed by atoms with Crippen molar-refractivity contribution in [1.29, 1.82) is 0 Å². The van der Waals surface area contributed by atoms with Crippen LogP contribution in [-0.4, -0.2) is 30.5 Å². The van der Waals surface area contributed by atoms with Crippen LogP contribution in [0.4, 0.5) is 4.39 Å². The Labute approximate surface area is 208 Å². The van der Waals surface area contributed by atoms with E-state index < -0.39 is 23.6 Å². The Morgan fingerprint density at radius 1 is 1.03 bits per heavy atom.